The van der Waals surface area contributed by atoms with Crippen molar-refractivity contribution in [3.05, 3.63) is 90.1 Å². The Kier molecular flexibility index (Phi) is 14.3. The molecule has 56 heavy (non-hydrogen) atoms. The molecule has 7 amide bonds. The zero-order valence-electron chi connectivity index (χ0n) is 31.1. The van der Waals surface area contributed by atoms with Gasteiger partial charge in [-0.25, -0.2) is 4.98 Å². The van der Waals surface area contributed by atoms with Crippen molar-refractivity contribution in [1.82, 2.24) is 46.9 Å². The zero-order valence-corrected chi connectivity index (χ0v) is 31.1. The Labute approximate surface area is 323 Å². The maximum Gasteiger partial charge on any atom is 0.243 e. The number of imidazole rings is 1. The van der Waals surface area contributed by atoms with Gasteiger partial charge in [-0.3, -0.25) is 33.6 Å². The molecule has 1 aliphatic heterocycles. The largest absolute Gasteiger partial charge is 0.368 e. The number of nitrogens with two attached hydrogens (primary N) is 1. The molecule has 0 radical (unpaired) electrons. The molecule has 2 aromatic carbocycles. The van der Waals surface area contributed by atoms with Crippen LogP contribution in [0.2, 0.25) is 0 Å². The first-order chi connectivity index (χ1) is 27.0. The fourth-order valence-electron chi connectivity index (χ4n) is 6.40. The monoisotopic (exact) mass is 768 g/mol. The number of nitrogens with one attached hydrogen (secondary N) is 8. The van der Waals surface area contributed by atoms with Crippen LogP contribution in [0.25, 0.3) is 10.9 Å². The molecule has 5 atom stereocenters. The van der Waals surface area contributed by atoms with Gasteiger partial charge in [0.15, 0.2) is 0 Å². The van der Waals surface area contributed by atoms with E-state index in [1.165, 1.54) is 19.4 Å². The van der Waals surface area contributed by atoms with E-state index in [0.29, 0.717) is 24.1 Å². The van der Waals surface area contributed by atoms with Crippen molar-refractivity contribution in [3.8, 4) is 0 Å². The van der Waals surface area contributed by atoms with Gasteiger partial charge in [-0.15, -0.1) is 0 Å². The molecular weight excluding hydrogens is 720 g/mol. The van der Waals surface area contributed by atoms with Gasteiger partial charge >= 0.3 is 0 Å². The number of H-pyrrole nitrogens is 2. The Morgan fingerprint density at radius 2 is 1.38 bits per heavy atom. The summed E-state index contributed by atoms with van der Waals surface area (Å²) in [4.78, 5) is 103. The van der Waals surface area contributed by atoms with Gasteiger partial charge in [0, 0.05) is 67.6 Å². The second-order valence-electron chi connectivity index (χ2n) is 13.8. The molecule has 0 saturated carbocycles. The quantitative estimate of drug-likeness (QED) is 0.123. The van der Waals surface area contributed by atoms with Gasteiger partial charge in [0.1, 0.15) is 30.2 Å². The van der Waals surface area contributed by atoms with E-state index < -0.39 is 71.6 Å². The molecule has 2 aromatic heterocycles. The van der Waals surface area contributed by atoms with Crippen molar-refractivity contribution in [2.75, 3.05) is 6.54 Å². The first kappa shape index (κ1) is 40.7. The van der Waals surface area contributed by atoms with Crippen molar-refractivity contribution in [1.29, 1.82) is 0 Å². The van der Waals surface area contributed by atoms with Gasteiger partial charge < -0.3 is 47.6 Å². The van der Waals surface area contributed by atoms with Crippen LogP contribution in [-0.2, 0) is 52.8 Å². The van der Waals surface area contributed by atoms with Crippen LogP contribution in [0.4, 0.5) is 0 Å². The molecule has 0 spiro atoms. The number of fused-ring (bicyclic) bond motifs is 1. The van der Waals surface area contributed by atoms with Crippen molar-refractivity contribution in [2.24, 2.45) is 5.73 Å². The molecule has 1 fully saturated rings. The van der Waals surface area contributed by atoms with E-state index in [0.717, 1.165) is 16.5 Å². The second kappa shape index (κ2) is 19.7. The molecular formula is C39H48N10O7. The highest BCUT2D eigenvalue weighted by Gasteiger charge is 2.32. The zero-order chi connectivity index (χ0) is 40.0. The predicted octanol–water partition coefficient (Wildman–Crippen LogP) is -0.0716. The standard InChI is InChI=1S/C39H48N10O7/c1-23-36(53)48-31(18-25-20-43-28-12-6-5-11-27(25)28)38(55)47-29(35(40)52)13-7-8-16-42-33(50)14-15-34(51)46-32(19-26-21-41-22-44-26)39(56)49-30(37(54)45-23)17-24-9-3-2-4-10-24/h2-6,9-12,20-23,29-32,43H,7-8,13-19H2,1H3,(H2,40,52)(H,41,44)(H,42,50)(H,45,54)(H,46,51)(H,47,55)(H,48,53)(H,49,56)/t23-,29-,30+,31-,32-/m0/s1. The van der Waals surface area contributed by atoms with Gasteiger partial charge in [0.25, 0.3) is 0 Å². The number of hydrogen-bond donors (Lipinski definition) is 9. The molecule has 0 unspecified atom stereocenters. The number of carbonyl (C=O) groups excluding carboxylic acids is 7. The highest BCUT2D eigenvalue weighted by atomic mass is 16.2. The number of carbonyl (C=O) groups is 7. The Hall–Kier alpha value is -6.52. The maximum absolute atomic E-state index is 13.9. The first-order valence-electron chi connectivity index (χ1n) is 18.6. The maximum atomic E-state index is 13.9. The van der Waals surface area contributed by atoms with Gasteiger partial charge in [0.05, 0.1) is 6.33 Å². The number of aromatic amines is 2. The SMILES string of the molecule is C[C@@H]1NC(=O)[C@@H](Cc2ccccc2)NC(=O)[C@H](Cc2cnc[nH]2)NC(=O)CCC(=O)NCCCC[C@@H](C(N)=O)NC(=O)[C@H](Cc2c[nH]c3ccccc23)NC1=O. The van der Waals surface area contributed by atoms with Crippen LogP contribution in [0.5, 0.6) is 0 Å². The third-order valence-corrected chi connectivity index (χ3v) is 9.51. The minimum absolute atomic E-state index is 0.00837. The van der Waals surface area contributed by atoms with Crippen LogP contribution in [0, 0.1) is 0 Å². The van der Waals surface area contributed by atoms with Crippen LogP contribution < -0.4 is 37.6 Å². The van der Waals surface area contributed by atoms with Crippen LogP contribution in [-0.4, -0.2) is 93.1 Å². The molecule has 0 bridgehead atoms. The van der Waals surface area contributed by atoms with E-state index in [9.17, 15) is 33.6 Å². The van der Waals surface area contributed by atoms with Gasteiger partial charge in [-0.2, -0.15) is 0 Å². The van der Waals surface area contributed by atoms with E-state index in [1.54, 1.807) is 36.5 Å². The van der Waals surface area contributed by atoms with E-state index >= 15 is 0 Å². The summed E-state index contributed by atoms with van der Waals surface area (Å²) in [5.74, 6) is -4.45. The number of para-hydroxylation sites is 1. The molecule has 10 N–H and O–H groups in total. The number of amides is 7. The first-order valence-corrected chi connectivity index (χ1v) is 18.6. The number of benzene rings is 2. The average molecular weight is 769 g/mol. The van der Waals surface area contributed by atoms with Crippen molar-refractivity contribution in [2.45, 2.75) is 88.5 Å². The van der Waals surface area contributed by atoms with Crippen molar-refractivity contribution < 1.29 is 33.6 Å². The number of primary amides is 1. The number of aromatic nitrogens is 3. The molecule has 1 saturated heterocycles. The van der Waals surface area contributed by atoms with Crippen LogP contribution in [0.3, 0.4) is 0 Å². The lowest BCUT2D eigenvalue weighted by Gasteiger charge is -2.26. The summed E-state index contributed by atoms with van der Waals surface area (Å²) >= 11 is 0. The topological polar surface area (TPSA) is 262 Å². The number of rotatable bonds is 7. The molecule has 0 aliphatic carbocycles. The lowest BCUT2D eigenvalue weighted by Crippen LogP contribution is -2.59. The fourth-order valence-corrected chi connectivity index (χ4v) is 6.40. The Morgan fingerprint density at radius 1 is 0.714 bits per heavy atom. The van der Waals surface area contributed by atoms with Crippen LogP contribution in [0.15, 0.2) is 73.3 Å². The summed E-state index contributed by atoms with van der Waals surface area (Å²) in [7, 11) is 0. The molecule has 296 valence electrons. The molecule has 5 rings (SSSR count). The second-order valence-corrected chi connectivity index (χ2v) is 13.8. The van der Waals surface area contributed by atoms with E-state index in [4.69, 9.17) is 5.73 Å². The summed E-state index contributed by atoms with van der Waals surface area (Å²) in [6.07, 6.45) is 5.41. The molecule has 4 aromatic rings. The summed E-state index contributed by atoms with van der Waals surface area (Å²) in [6.45, 7) is 1.69. The Morgan fingerprint density at radius 3 is 2.12 bits per heavy atom. The minimum atomic E-state index is -1.20. The molecule has 17 nitrogen and oxygen atoms in total. The molecule has 17 heteroatoms. The van der Waals surface area contributed by atoms with Crippen molar-refractivity contribution >= 4 is 52.3 Å². The average Bonchev–Trinajstić information content (AvgIpc) is 3.85. The summed E-state index contributed by atoms with van der Waals surface area (Å²) in [5, 5.41) is 17.1. The molecule has 3 heterocycles. The number of hydrogen-bond acceptors (Lipinski definition) is 8. The predicted molar refractivity (Wildman–Crippen MR) is 205 cm³/mol. The lowest BCUT2D eigenvalue weighted by molar-refractivity contribution is -0.134. The summed E-state index contributed by atoms with van der Waals surface area (Å²) in [6, 6.07) is 10.6. The third-order valence-electron chi connectivity index (χ3n) is 9.51. The van der Waals surface area contributed by atoms with Crippen LogP contribution >= 0.6 is 0 Å². The third kappa shape index (κ3) is 11.7. The highest BCUT2D eigenvalue weighted by Crippen LogP contribution is 2.19. The van der Waals surface area contributed by atoms with Crippen molar-refractivity contribution in [3.63, 3.8) is 0 Å². The van der Waals surface area contributed by atoms with E-state index in [1.807, 2.05) is 24.3 Å². The normalized spacial score (nSPS) is 22.8. The van der Waals surface area contributed by atoms with E-state index in [2.05, 4.69) is 46.9 Å². The Bertz CT molecular complexity index is 2000. The van der Waals surface area contributed by atoms with E-state index in [-0.39, 0.29) is 45.1 Å². The fraction of sp³-hybridized carbons (Fsp3) is 0.385. The highest BCUT2D eigenvalue weighted by molar-refractivity contribution is 5.97. The summed E-state index contributed by atoms with van der Waals surface area (Å²) in [5.41, 5.74) is 8.47. The summed E-state index contributed by atoms with van der Waals surface area (Å²) < 4.78 is 0. The minimum Gasteiger partial charge on any atom is -0.368 e. The Balaban J connectivity index is 1.42. The van der Waals surface area contributed by atoms with Crippen LogP contribution in [0.1, 0.15) is 55.8 Å². The number of nitrogens with zero attached hydrogens (tertiary/aromatic N) is 1. The lowest BCUT2D eigenvalue weighted by atomic mass is 10.0. The van der Waals surface area contributed by atoms with Gasteiger partial charge in [-0.05, 0) is 43.4 Å². The van der Waals surface area contributed by atoms with Gasteiger partial charge in [0.2, 0.25) is 41.4 Å². The smallest absolute Gasteiger partial charge is 0.243 e. The molecule has 1 aliphatic rings. The van der Waals surface area contributed by atoms with Gasteiger partial charge in [-0.1, -0.05) is 48.5 Å².